The number of hydrogen-bond acceptors (Lipinski definition) is 5. The molecule has 1 aliphatic heterocycles. The minimum atomic E-state index is -0.0164. The highest BCUT2D eigenvalue weighted by Gasteiger charge is 2.28. The van der Waals surface area contributed by atoms with Crippen molar-refractivity contribution in [2.45, 2.75) is 45.6 Å². The molecule has 29 heavy (non-hydrogen) atoms. The molecular weight excluding hydrogens is 364 g/mol. The second-order valence-electron chi connectivity index (χ2n) is 7.81. The molecule has 1 fully saturated rings. The molecule has 1 aliphatic rings. The van der Waals surface area contributed by atoms with E-state index >= 15 is 0 Å². The Hall–Kier alpha value is -2.96. The van der Waals surface area contributed by atoms with Gasteiger partial charge >= 0.3 is 0 Å². The van der Waals surface area contributed by atoms with Crippen LogP contribution in [0.4, 0.5) is 5.82 Å². The summed E-state index contributed by atoms with van der Waals surface area (Å²) in [6.45, 7) is 5.78. The molecule has 0 radical (unpaired) electrons. The van der Waals surface area contributed by atoms with Gasteiger partial charge in [0, 0.05) is 19.1 Å². The summed E-state index contributed by atoms with van der Waals surface area (Å²) in [6.07, 6.45) is 7.38. The highest BCUT2D eigenvalue weighted by atomic mass is 16.2. The minimum Gasteiger partial charge on any atom is -0.355 e. The smallest absolute Gasteiger partial charge is 0.225 e. The molecular formula is C22H28N6O. The summed E-state index contributed by atoms with van der Waals surface area (Å²) in [4.78, 5) is 24.0. The van der Waals surface area contributed by atoms with E-state index in [0.717, 1.165) is 54.8 Å². The number of piperidine rings is 1. The quantitative estimate of drug-likeness (QED) is 0.696. The molecule has 1 saturated heterocycles. The Labute approximate surface area is 171 Å². The molecule has 0 spiro atoms. The van der Waals surface area contributed by atoms with Crippen molar-refractivity contribution < 1.29 is 4.79 Å². The van der Waals surface area contributed by atoms with Crippen molar-refractivity contribution in [1.82, 2.24) is 25.1 Å². The molecule has 0 aliphatic carbocycles. The topological polar surface area (TPSA) is 75.9 Å². The molecule has 1 amide bonds. The lowest BCUT2D eigenvalue weighted by Crippen LogP contribution is -2.45. The third kappa shape index (κ3) is 4.09. The van der Waals surface area contributed by atoms with Gasteiger partial charge in [-0.3, -0.25) is 4.79 Å². The molecule has 2 unspecified atom stereocenters. The van der Waals surface area contributed by atoms with Crippen LogP contribution in [0.2, 0.25) is 0 Å². The average Bonchev–Trinajstić information content (AvgIpc) is 3.19. The van der Waals surface area contributed by atoms with Gasteiger partial charge in [-0.2, -0.15) is 5.10 Å². The van der Waals surface area contributed by atoms with Crippen LogP contribution in [0.15, 0.2) is 42.9 Å². The maximum atomic E-state index is 12.7. The van der Waals surface area contributed by atoms with E-state index in [2.05, 4.69) is 39.1 Å². The van der Waals surface area contributed by atoms with Gasteiger partial charge in [0.2, 0.25) is 5.91 Å². The van der Waals surface area contributed by atoms with Crippen molar-refractivity contribution in [3.63, 3.8) is 0 Å². The average molecular weight is 393 g/mol. The second kappa shape index (κ2) is 8.59. The number of carbonyl (C=O) groups excluding carboxylic acids is 1. The minimum absolute atomic E-state index is 0.0164. The highest BCUT2D eigenvalue weighted by molar-refractivity contribution is 5.88. The fraction of sp³-hybridized carbons (Fsp3) is 0.455. The normalized spacial score (nSPS) is 18.0. The molecule has 1 N–H and O–H groups in total. The number of carbonyl (C=O) groups is 1. The molecule has 152 valence electrons. The molecule has 2 aromatic heterocycles. The molecule has 2 atom stereocenters. The first-order chi connectivity index (χ1) is 14.2. The molecule has 7 heteroatoms. The van der Waals surface area contributed by atoms with E-state index in [1.54, 1.807) is 6.33 Å². The molecule has 7 nitrogen and oxygen atoms in total. The van der Waals surface area contributed by atoms with Crippen LogP contribution < -0.4 is 10.2 Å². The maximum absolute atomic E-state index is 12.7. The van der Waals surface area contributed by atoms with Crippen LogP contribution in [-0.2, 0) is 4.79 Å². The van der Waals surface area contributed by atoms with Gasteiger partial charge in [0.05, 0.1) is 23.2 Å². The van der Waals surface area contributed by atoms with Gasteiger partial charge in [-0.05, 0) is 38.3 Å². The van der Waals surface area contributed by atoms with Crippen LogP contribution in [0.25, 0.3) is 16.7 Å². The third-order valence-electron chi connectivity index (χ3n) is 5.55. The molecule has 3 aromatic rings. The summed E-state index contributed by atoms with van der Waals surface area (Å²) >= 11 is 0. The summed E-state index contributed by atoms with van der Waals surface area (Å²) in [5, 5.41) is 8.63. The zero-order valence-electron chi connectivity index (χ0n) is 17.1. The van der Waals surface area contributed by atoms with Crippen molar-refractivity contribution in [1.29, 1.82) is 0 Å². The zero-order chi connectivity index (χ0) is 20.2. The molecule has 4 rings (SSSR count). The number of benzene rings is 1. The lowest BCUT2D eigenvalue weighted by Gasteiger charge is -2.33. The lowest BCUT2D eigenvalue weighted by atomic mass is 9.96. The number of para-hydroxylation sites is 1. The molecule has 1 aromatic carbocycles. The predicted molar refractivity (Wildman–Crippen MR) is 114 cm³/mol. The Balaban J connectivity index is 1.57. The summed E-state index contributed by atoms with van der Waals surface area (Å²) < 4.78 is 1.83. The van der Waals surface area contributed by atoms with Gasteiger partial charge in [-0.1, -0.05) is 31.5 Å². The van der Waals surface area contributed by atoms with E-state index in [0.29, 0.717) is 6.54 Å². The maximum Gasteiger partial charge on any atom is 0.225 e. The fourth-order valence-corrected chi connectivity index (χ4v) is 4.09. The van der Waals surface area contributed by atoms with Gasteiger partial charge in [-0.25, -0.2) is 14.6 Å². The van der Waals surface area contributed by atoms with Crippen molar-refractivity contribution in [3.8, 4) is 5.69 Å². The number of rotatable bonds is 6. The highest BCUT2D eigenvalue weighted by Crippen LogP contribution is 2.28. The van der Waals surface area contributed by atoms with Crippen molar-refractivity contribution in [2.24, 2.45) is 5.92 Å². The summed E-state index contributed by atoms with van der Waals surface area (Å²) in [7, 11) is 0. The largest absolute Gasteiger partial charge is 0.355 e. The SMILES string of the molecule is CCCC(C)NC(=O)C1CCCN(c2ncnc3c2cnn3-c2ccccc2)C1. The van der Waals surface area contributed by atoms with E-state index in [4.69, 9.17) is 0 Å². The number of anilines is 1. The molecule has 3 heterocycles. The van der Waals surface area contributed by atoms with Gasteiger partial charge in [0.1, 0.15) is 12.1 Å². The number of aromatic nitrogens is 4. The van der Waals surface area contributed by atoms with Gasteiger partial charge < -0.3 is 10.2 Å². The summed E-state index contributed by atoms with van der Waals surface area (Å²) in [5.41, 5.74) is 1.75. The number of fused-ring (bicyclic) bond motifs is 1. The van der Waals surface area contributed by atoms with E-state index in [9.17, 15) is 4.79 Å². The Kier molecular flexibility index (Phi) is 5.74. The van der Waals surface area contributed by atoms with Crippen LogP contribution >= 0.6 is 0 Å². The Morgan fingerprint density at radius 2 is 2.10 bits per heavy atom. The van der Waals surface area contributed by atoms with E-state index in [-0.39, 0.29) is 17.9 Å². The standard InChI is InChI=1S/C22H28N6O/c1-3-8-16(2)26-22(29)17-9-7-12-27(14-17)20-19-13-25-28(21(19)24-15-23-20)18-10-5-4-6-11-18/h4-6,10-11,13,15-17H,3,7-9,12,14H2,1-2H3,(H,26,29). The van der Waals surface area contributed by atoms with Crippen LogP contribution in [0.3, 0.4) is 0 Å². The number of hydrogen-bond donors (Lipinski definition) is 1. The Morgan fingerprint density at radius 1 is 1.28 bits per heavy atom. The monoisotopic (exact) mass is 392 g/mol. The molecule has 0 bridgehead atoms. The Bertz CT molecular complexity index is 970. The first-order valence-electron chi connectivity index (χ1n) is 10.5. The zero-order valence-corrected chi connectivity index (χ0v) is 17.1. The van der Waals surface area contributed by atoms with Gasteiger partial charge in [-0.15, -0.1) is 0 Å². The number of nitrogens with zero attached hydrogens (tertiary/aromatic N) is 5. The Morgan fingerprint density at radius 3 is 2.90 bits per heavy atom. The first kappa shape index (κ1) is 19.4. The first-order valence-corrected chi connectivity index (χ1v) is 10.5. The lowest BCUT2D eigenvalue weighted by molar-refractivity contribution is -0.125. The van der Waals surface area contributed by atoms with Crippen molar-refractivity contribution in [3.05, 3.63) is 42.9 Å². The van der Waals surface area contributed by atoms with E-state index in [1.165, 1.54) is 0 Å². The van der Waals surface area contributed by atoms with Crippen molar-refractivity contribution >= 4 is 22.8 Å². The summed E-state index contributed by atoms with van der Waals surface area (Å²) in [5.74, 6) is 0.995. The van der Waals surface area contributed by atoms with Crippen molar-refractivity contribution in [2.75, 3.05) is 18.0 Å². The van der Waals surface area contributed by atoms with E-state index < -0.39 is 0 Å². The van der Waals surface area contributed by atoms with E-state index in [1.807, 2.05) is 41.2 Å². The number of amides is 1. The predicted octanol–water partition coefficient (Wildman–Crippen LogP) is 3.34. The van der Waals surface area contributed by atoms with Gasteiger partial charge in [0.15, 0.2) is 5.65 Å². The second-order valence-corrected chi connectivity index (χ2v) is 7.81. The van der Waals surface area contributed by atoms with Crippen LogP contribution in [0.5, 0.6) is 0 Å². The molecule has 0 saturated carbocycles. The van der Waals surface area contributed by atoms with Gasteiger partial charge in [0.25, 0.3) is 0 Å². The van der Waals surface area contributed by atoms with Crippen LogP contribution in [0, 0.1) is 5.92 Å². The fourth-order valence-electron chi connectivity index (χ4n) is 4.09. The summed E-state index contributed by atoms with van der Waals surface area (Å²) in [6, 6.07) is 10.2. The van der Waals surface area contributed by atoms with Crippen LogP contribution in [0.1, 0.15) is 39.5 Å². The number of nitrogens with one attached hydrogen (secondary N) is 1. The van der Waals surface area contributed by atoms with Crippen LogP contribution in [-0.4, -0.2) is 44.8 Å². The third-order valence-corrected chi connectivity index (χ3v) is 5.55.